The number of rotatable bonds is 4. The lowest BCUT2D eigenvalue weighted by Gasteiger charge is -2.18. The summed E-state index contributed by atoms with van der Waals surface area (Å²) in [4.78, 5) is 5.07. The van der Waals surface area contributed by atoms with E-state index in [4.69, 9.17) is 21.7 Å². The monoisotopic (exact) mass is 350 g/mol. The van der Waals surface area contributed by atoms with Gasteiger partial charge in [0.15, 0.2) is 15.5 Å². The smallest absolute Gasteiger partial charge is 0.212 e. The first-order valence-corrected chi connectivity index (χ1v) is 8.70. The summed E-state index contributed by atoms with van der Waals surface area (Å²) in [7, 11) is 0. The molecule has 1 aliphatic heterocycles. The third-order valence-corrected chi connectivity index (χ3v) is 5.06. The van der Waals surface area contributed by atoms with Crippen molar-refractivity contribution in [1.82, 2.24) is 4.57 Å². The summed E-state index contributed by atoms with van der Waals surface area (Å²) in [6.45, 7) is 5.20. The van der Waals surface area contributed by atoms with E-state index in [-0.39, 0.29) is 11.9 Å². The summed E-state index contributed by atoms with van der Waals surface area (Å²) in [5.41, 5.74) is 0.739. The van der Waals surface area contributed by atoms with Gasteiger partial charge in [-0.1, -0.05) is 18.3 Å². The highest BCUT2D eigenvalue weighted by atomic mass is 32.1. The standard InChI is InChI=1S/C16H18N2O3S2/c1-3-10(2)18-15(19)14(23-16(18)22)9-17-11-4-5-12-13(8-11)21-7-6-20-12/h4-5,8-10,19H,3,6-7H2,1-2H3/t10-/m0/s1. The largest absolute Gasteiger partial charge is 0.493 e. The Hall–Kier alpha value is -1.86. The lowest BCUT2D eigenvalue weighted by atomic mass is 10.2. The molecule has 7 heteroatoms. The normalized spacial score (nSPS) is 15.0. The topological polar surface area (TPSA) is 56.0 Å². The van der Waals surface area contributed by atoms with E-state index in [9.17, 15) is 5.11 Å². The lowest BCUT2D eigenvalue weighted by molar-refractivity contribution is 0.171. The molecule has 122 valence electrons. The Balaban J connectivity index is 1.87. The van der Waals surface area contributed by atoms with Crippen molar-refractivity contribution >= 4 is 35.5 Å². The molecule has 1 atom stereocenters. The van der Waals surface area contributed by atoms with Crippen LogP contribution in [0.5, 0.6) is 17.4 Å². The number of benzene rings is 1. The van der Waals surface area contributed by atoms with Gasteiger partial charge in [-0.15, -0.1) is 0 Å². The molecule has 5 nitrogen and oxygen atoms in total. The van der Waals surface area contributed by atoms with E-state index in [2.05, 4.69) is 11.9 Å². The van der Waals surface area contributed by atoms with Gasteiger partial charge in [-0.2, -0.15) is 0 Å². The second kappa shape index (κ2) is 6.72. The Morgan fingerprint density at radius 1 is 1.39 bits per heavy atom. The molecular formula is C16H18N2O3S2. The van der Waals surface area contributed by atoms with E-state index in [1.165, 1.54) is 11.3 Å². The zero-order valence-corrected chi connectivity index (χ0v) is 14.6. The fourth-order valence-electron chi connectivity index (χ4n) is 2.29. The number of fused-ring (bicyclic) bond motifs is 1. The highest BCUT2D eigenvalue weighted by Gasteiger charge is 2.15. The van der Waals surface area contributed by atoms with E-state index in [1.54, 1.807) is 10.8 Å². The van der Waals surface area contributed by atoms with Crippen molar-refractivity contribution in [3.8, 4) is 17.4 Å². The van der Waals surface area contributed by atoms with E-state index in [0.717, 1.165) is 17.9 Å². The van der Waals surface area contributed by atoms with Crippen LogP contribution in [0.1, 0.15) is 31.2 Å². The van der Waals surface area contributed by atoms with E-state index >= 15 is 0 Å². The highest BCUT2D eigenvalue weighted by molar-refractivity contribution is 7.73. The third kappa shape index (κ3) is 3.25. The fourth-order valence-corrected chi connectivity index (χ4v) is 3.68. The molecule has 0 aliphatic carbocycles. The maximum atomic E-state index is 10.4. The van der Waals surface area contributed by atoms with Gasteiger partial charge >= 0.3 is 0 Å². The summed E-state index contributed by atoms with van der Waals surface area (Å²) in [6.07, 6.45) is 2.54. The van der Waals surface area contributed by atoms with Gasteiger partial charge in [-0.25, -0.2) is 0 Å². The average Bonchev–Trinajstić information content (AvgIpc) is 2.86. The second-order valence-electron chi connectivity index (χ2n) is 5.27. The predicted molar refractivity (Wildman–Crippen MR) is 94.5 cm³/mol. The number of aromatic nitrogens is 1. The average molecular weight is 350 g/mol. The molecule has 1 aromatic heterocycles. The van der Waals surface area contributed by atoms with E-state index < -0.39 is 0 Å². The van der Waals surface area contributed by atoms with Crippen molar-refractivity contribution < 1.29 is 14.6 Å². The maximum Gasteiger partial charge on any atom is 0.212 e. The summed E-state index contributed by atoms with van der Waals surface area (Å²) < 4.78 is 13.5. The van der Waals surface area contributed by atoms with Gasteiger partial charge in [0.2, 0.25) is 5.88 Å². The van der Waals surface area contributed by atoms with Crippen LogP contribution in [0.15, 0.2) is 23.2 Å². The van der Waals surface area contributed by atoms with E-state index in [0.29, 0.717) is 27.8 Å². The molecular weight excluding hydrogens is 332 g/mol. The van der Waals surface area contributed by atoms with Crippen LogP contribution in [0.2, 0.25) is 0 Å². The van der Waals surface area contributed by atoms with Gasteiger partial charge in [0.05, 0.1) is 11.9 Å². The van der Waals surface area contributed by atoms with Gasteiger partial charge in [0, 0.05) is 12.1 Å². The second-order valence-corrected chi connectivity index (χ2v) is 6.95. The maximum absolute atomic E-state index is 10.4. The Labute approximate surface area is 143 Å². The lowest BCUT2D eigenvalue weighted by Crippen LogP contribution is -2.14. The van der Waals surface area contributed by atoms with Crippen LogP contribution in [0.3, 0.4) is 0 Å². The van der Waals surface area contributed by atoms with Gasteiger partial charge in [-0.05, 0) is 37.7 Å². The zero-order valence-electron chi connectivity index (χ0n) is 13.0. The number of hydrogen-bond acceptors (Lipinski definition) is 6. The number of aliphatic imine (C=N–C) groups is 1. The molecule has 1 aromatic carbocycles. The summed E-state index contributed by atoms with van der Waals surface area (Å²) >= 11 is 6.69. The number of aromatic hydroxyl groups is 1. The van der Waals surface area contributed by atoms with Crippen LogP contribution in [0.25, 0.3) is 0 Å². The van der Waals surface area contributed by atoms with Gasteiger partial charge < -0.3 is 14.6 Å². The van der Waals surface area contributed by atoms with Crippen LogP contribution in [-0.2, 0) is 0 Å². The van der Waals surface area contributed by atoms with Gasteiger partial charge in [0.1, 0.15) is 18.1 Å². The minimum atomic E-state index is 0.162. The molecule has 1 aliphatic rings. The quantitative estimate of drug-likeness (QED) is 0.652. The Morgan fingerprint density at radius 3 is 2.87 bits per heavy atom. The Morgan fingerprint density at radius 2 is 2.13 bits per heavy atom. The number of nitrogens with zero attached hydrogens (tertiary/aromatic N) is 2. The van der Waals surface area contributed by atoms with Gasteiger partial charge in [-0.3, -0.25) is 9.56 Å². The zero-order chi connectivity index (χ0) is 16.4. The summed E-state index contributed by atoms with van der Waals surface area (Å²) in [5, 5.41) is 10.4. The van der Waals surface area contributed by atoms with E-state index in [1.807, 2.05) is 25.1 Å². The van der Waals surface area contributed by atoms with Crippen molar-refractivity contribution in [2.24, 2.45) is 4.99 Å². The molecule has 0 radical (unpaired) electrons. The van der Waals surface area contributed by atoms with Crippen LogP contribution in [-0.4, -0.2) is 29.1 Å². The van der Waals surface area contributed by atoms with Crippen molar-refractivity contribution in [3.63, 3.8) is 0 Å². The molecule has 2 aromatic rings. The summed E-state index contributed by atoms with van der Waals surface area (Å²) in [6, 6.07) is 5.68. The molecule has 0 unspecified atom stereocenters. The third-order valence-electron chi connectivity index (χ3n) is 3.73. The molecule has 0 bridgehead atoms. The minimum absolute atomic E-state index is 0.162. The molecule has 1 N–H and O–H groups in total. The molecule has 23 heavy (non-hydrogen) atoms. The number of hydrogen-bond donors (Lipinski definition) is 1. The molecule has 0 saturated heterocycles. The molecule has 2 heterocycles. The highest BCUT2D eigenvalue weighted by Crippen LogP contribution is 2.34. The number of thiazole rings is 1. The molecule has 0 fully saturated rings. The number of ether oxygens (including phenoxy) is 2. The minimum Gasteiger partial charge on any atom is -0.493 e. The first-order chi connectivity index (χ1) is 11.1. The van der Waals surface area contributed by atoms with Crippen molar-refractivity contribution in [2.45, 2.75) is 26.3 Å². The Bertz CT molecular complexity index is 795. The summed E-state index contributed by atoms with van der Waals surface area (Å²) in [5.74, 6) is 1.60. The Kier molecular flexibility index (Phi) is 4.68. The molecule has 0 amide bonds. The molecule has 0 saturated carbocycles. The van der Waals surface area contributed by atoms with Crippen LogP contribution in [0.4, 0.5) is 5.69 Å². The van der Waals surface area contributed by atoms with Crippen molar-refractivity contribution in [2.75, 3.05) is 13.2 Å². The first-order valence-electron chi connectivity index (χ1n) is 7.48. The molecule has 0 spiro atoms. The fraction of sp³-hybridized carbons (Fsp3) is 0.375. The van der Waals surface area contributed by atoms with Crippen molar-refractivity contribution in [1.29, 1.82) is 0 Å². The van der Waals surface area contributed by atoms with Crippen molar-refractivity contribution in [3.05, 3.63) is 27.0 Å². The van der Waals surface area contributed by atoms with Crippen LogP contribution in [0, 0.1) is 3.95 Å². The predicted octanol–water partition coefficient (Wildman–Crippen LogP) is 4.48. The van der Waals surface area contributed by atoms with Gasteiger partial charge in [0.25, 0.3) is 0 Å². The van der Waals surface area contributed by atoms with Crippen LogP contribution < -0.4 is 9.47 Å². The SMILES string of the molecule is CC[C@H](C)n1c(O)c(C=Nc2ccc3c(c2)OCCO3)sc1=S. The molecule has 3 rings (SSSR count). The van der Waals surface area contributed by atoms with Crippen LogP contribution >= 0.6 is 23.6 Å². The first kappa shape index (κ1) is 16.0.